The zero-order chi connectivity index (χ0) is 12.5. The smallest absolute Gasteiger partial charge is 0.244 e. The number of sulfonamides is 1. The lowest BCUT2D eigenvalue weighted by Gasteiger charge is -2.32. The van der Waals surface area contributed by atoms with Gasteiger partial charge in [-0.15, -0.1) is 0 Å². The van der Waals surface area contributed by atoms with Gasteiger partial charge in [0.1, 0.15) is 10.6 Å². The number of methoxy groups -OCH3 is 1. The summed E-state index contributed by atoms with van der Waals surface area (Å²) < 4.78 is 31.8. The van der Waals surface area contributed by atoms with E-state index in [-0.39, 0.29) is 17.0 Å². The maximum Gasteiger partial charge on any atom is 0.244 e. The fourth-order valence-electron chi connectivity index (χ4n) is 1.88. The Bertz CT molecular complexity index is 495. The number of hydrogen-bond donors (Lipinski definition) is 2. The van der Waals surface area contributed by atoms with E-state index in [0.29, 0.717) is 18.6 Å². The summed E-state index contributed by atoms with van der Waals surface area (Å²) in [6.45, 7) is 0. The number of ether oxygens (including phenoxy) is 1. The lowest BCUT2D eigenvalue weighted by Crippen LogP contribution is -2.50. The van der Waals surface area contributed by atoms with Gasteiger partial charge < -0.3 is 10.5 Å². The van der Waals surface area contributed by atoms with Gasteiger partial charge in [-0.05, 0) is 25.0 Å². The van der Waals surface area contributed by atoms with E-state index in [4.69, 9.17) is 10.5 Å². The van der Waals surface area contributed by atoms with Crippen molar-refractivity contribution in [2.75, 3.05) is 7.11 Å². The molecule has 0 saturated heterocycles. The number of nitrogens with one attached hydrogen (secondary N) is 1. The van der Waals surface area contributed by atoms with Crippen LogP contribution in [0.3, 0.4) is 0 Å². The molecule has 1 aliphatic rings. The fourth-order valence-corrected chi connectivity index (χ4v) is 3.31. The van der Waals surface area contributed by atoms with E-state index in [9.17, 15) is 8.42 Å². The maximum atomic E-state index is 12.1. The second-order valence-corrected chi connectivity index (χ2v) is 5.88. The van der Waals surface area contributed by atoms with Crippen molar-refractivity contribution in [3.05, 3.63) is 24.3 Å². The third kappa shape index (κ3) is 2.59. The highest BCUT2D eigenvalue weighted by molar-refractivity contribution is 7.89. The Hall–Kier alpha value is -1.11. The summed E-state index contributed by atoms with van der Waals surface area (Å²) in [7, 11) is -2.07. The third-order valence-electron chi connectivity index (χ3n) is 2.85. The molecule has 1 fully saturated rings. The molecule has 5 nitrogen and oxygen atoms in total. The minimum Gasteiger partial charge on any atom is -0.495 e. The summed E-state index contributed by atoms with van der Waals surface area (Å²) >= 11 is 0. The SMILES string of the molecule is COc1ccccc1S(=O)(=O)NC1CC(N)C1. The maximum absolute atomic E-state index is 12.1. The Balaban J connectivity index is 2.19. The van der Waals surface area contributed by atoms with Gasteiger partial charge >= 0.3 is 0 Å². The molecule has 0 spiro atoms. The quantitative estimate of drug-likeness (QED) is 0.820. The molecule has 0 atom stereocenters. The van der Waals surface area contributed by atoms with Crippen molar-refractivity contribution in [3.8, 4) is 5.75 Å². The first-order valence-electron chi connectivity index (χ1n) is 5.44. The van der Waals surface area contributed by atoms with Crippen molar-refractivity contribution in [1.29, 1.82) is 0 Å². The van der Waals surface area contributed by atoms with Crippen LogP contribution < -0.4 is 15.2 Å². The van der Waals surface area contributed by atoms with Crippen molar-refractivity contribution in [3.63, 3.8) is 0 Å². The first-order chi connectivity index (χ1) is 8.03. The normalized spacial score (nSPS) is 24.1. The molecule has 6 heteroatoms. The summed E-state index contributed by atoms with van der Waals surface area (Å²) in [4.78, 5) is 0.169. The van der Waals surface area contributed by atoms with Gasteiger partial charge in [0, 0.05) is 12.1 Å². The summed E-state index contributed by atoms with van der Waals surface area (Å²) in [5, 5.41) is 0. The number of benzene rings is 1. The van der Waals surface area contributed by atoms with Crippen molar-refractivity contribution in [2.45, 2.75) is 29.8 Å². The van der Waals surface area contributed by atoms with Crippen molar-refractivity contribution >= 4 is 10.0 Å². The molecule has 3 N–H and O–H groups in total. The highest BCUT2D eigenvalue weighted by Crippen LogP contribution is 2.25. The zero-order valence-electron chi connectivity index (χ0n) is 9.59. The second kappa shape index (κ2) is 4.64. The Morgan fingerprint density at radius 3 is 2.59 bits per heavy atom. The molecule has 0 heterocycles. The van der Waals surface area contributed by atoms with Crippen LogP contribution in [0.25, 0.3) is 0 Å². The summed E-state index contributed by atoms with van der Waals surface area (Å²) in [5.74, 6) is 0.351. The number of hydrogen-bond acceptors (Lipinski definition) is 4. The molecule has 1 aromatic rings. The number of nitrogens with two attached hydrogens (primary N) is 1. The molecule has 0 radical (unpaired) electrons. The Kier molecular flexibility index (Phi) is 3.37. The van der Waals surface area contributed by atoms with Crippen molar-refractivity contribution in [1.82, 2.24) is 4.72 Å². The largest absolute Gasteiger partial charge is 0.495 e. The van der Waals surface area contributed by atoms with Crippen LogP contribution in [-0.4, -0.2) is 27.6 Å². The number of rotatable bonds is 4. The monoisotopic (exact) mass is 256 g/mol. The minimum absolute atomic E-state index is 0.0556. The third-order valence-corrected chi connectivity index (χ3v) is 4.41. The molecule has 1 aromatic carbocycles. The molecule has 0 unspecified atom stereocenters. The van der Waals surface area contributed by atoms with E-state index < -0.39 is 10.0 Å². The molecule has 0 bridgehead atoms. The number of para-hydroxylation sites is 1. The molecule has 0 aromatic heterocycles. The lowest BCUT2D eigenvalue weighted by molar-refractivity contribution is 0.326. The molecule has 94 valence electrons. The van der Waals surface area contributed by atoms with Crippen LogP contribution in [0, 0.1) is 0 Å². The molecular formula is C11H16N2O3S. The van der Waals surface area contributed by atoms with Gasteiger partial charge in [0.15, 0.2) is 0 Å². The molecule has 1 aliphatic carbocycles. The predicted molar refractivity (Wildman–Crippen MR) is 64.3 cm³/mol. The average Bonchev–Trinajstić information content (AvgIpc) is 2.26. The van der Waals surface area contributed by atoms with Crippen LogP contribution in [0.5, 0.6) is 5.75 Å². The van der Waals surface area contributed by atoms with Crippen LogP contribution in [0.4, 0.5) is 0 Å². The Morgan fingerprint density at radius 2 is 2.00 bits per heavy atom. The van der Waals surface area contributed by atoms with Gasteiger partial charge in [-0.25, -0.2) is 13.1 Å². The Morgan fingerprint density at radius 1 is 1.35 bits per heavy atom. The molecule has 17 heavy (non-hydrogen) atoms. The summed E-state index contributed by atoms with van der Waals surface area (Å²) in [6.07, 6.45) is 1.38. The second-order valence-electron chi connectivity index (χ2n) is 4.20. The molecule has 0 amide bonds. The molecule has 2 rings (SSSR count). The van der Waals surface area contributed by atoms with Gasteiger partial charge in [0.2, 0.25) is 10.0 Å². The van der Waals surface area contributed by atoms with Crippen molar-refractivity contribution < 1.29 is 13.2 Å². The zero-order valence-corrected chi connectivity index (χ0v) is 10.4. The van der Waals surface area contributed by atoms with Gasteiger partial charge in [0.05, 0.1) is 7.11 Å². The van der Waals surface area contributed by atoms with Crippen LogP contribution >= 0.6 is 0 Å². The highest BCUT2D eigenvalue weighted by atomic mass is 32.2. The topological polar surface area (TPSA) is 81.4 Å². The van der Waals surface area contributed by atoms with E-state index in [2.05, 4.69) is 4.72 Å². The average molecular weight is 256 g/mol. The molecule has 1 saturated carbocycles. The van der Waals surface area contributed by atoms with E-state index in [0.717, 1.165) is 0 Å². The van der Waals surface area contributed by atoms with E-state index in [1.807, 2.05) is 0 Å². The van der Waals surface area contributed by atoms with Gasteiger partial charge in [-0.2, -0.15) is 0 Å². The minimum atomic E-state index is -3.52. The van der Waals surface area contributed by atoms with Gasteiger partial charge in [-0.3, -0.25) is 0 Å². The molecular weight excluding hydrogens is 240 g/mol. The predicted octanol–water partition coefficient (Wildman–Crippen LogP) is 0.463. The van der Waals surface area contributed by atoms with Crippen LogP contribution in [0.15, 0.2) is 29.2 Å². The first kappa shape index (κ1) is 12.3. The van der Waals surface area contributed by atoms with Gasteiger partial charge in [0.25, 0.3) is 0 Å². The van der Waals surface area contributed by atoms with E-state index >= 15 is 0 Å². The Labute approximate surface area is 101 Å². The standard InChI is InChI=1S/C11H16N2O3S/c1-16-10-4-2-3-5-11(10)17(14,15)13-9-6-8(12)7-9/h2-5,8-9,13H,6-7,12H2,1H3. The fraction of sp³-hybridized carbons (Fsp3) is 0.455. The summed E-state index contributed by atoms with van der Waals surface area (Å²) in [6, 6.07) is 6.61. The van der Waals surface area contributed by atoms with E-state index in [1.54, 1.807) is 18.2 Å². The first-order valence-corrected chi connectivity index (χ1v) is 6.92. The van der Waals surface area contributed by atoms with E-state index in [1.165, 1.54) is 13.2 Å². The van der Waals surface area contributed by atoms with Crippen LogP contribution in [-0.2, 0) is 10.0 Å². The van der Waals surface area contributed by atoms with Crippen LogP contribution in [0.2, 0.25) is 0 Å². The van der Waals surface area contributed by atoms with Crippen molar-refractivity contribution in [2.24, 2.45) is 5.73 Å². The van der Waals surface area contributed by atoms with Gasteiger partial charge in [-0.1, -0.05) is 12.1 Å². The highest BCUT2D eigenvalue weighted by Gasteiger charge is 2.31. The molecule has 0 aliphatic heterocycles. The summed E-state index contributed by atoms with van der Waals surface area (Å²) in [5.41, 5.74) is 5.62. The van der Waals surface area contributed by atoms with Crippen LogP contribution in [0.1, 0.15) is 12.8 Å². The lowest BCUT2D eigenvalue weighted by atomic mass is 9.89.